The maximum atomic E-state index is 12.6. The van der Waals surface area contributed by atoms with Crippen molar-refractivity contribution in [3.05, 3.63) is 41.1 Å². The van der Waals surface area contributed by atoms with E-state index in [1.165, 1.54) is 0 Å². The van der Waals surface area contributed by atoms with Crippen LogP contribution in [0.25, 0.3) is 0 Å². The molecule has 0 bridgehead atoms. The molecule has 1 aromatic rings. The van der Waals surface area contributed by atoms with Crippen LogP contribution >= 0.6 is 0 Å². The van der Waals surface area contributed by atoms with Gasteiger partial charge >= 0.3 is 12.0 Å². The Labute approximate surface area is 155 Å². The van der Waals surface area contributed by atoms with E-state index in [-0.39, 0.29) is 12.0 Å². The number of ether oxygens (including phenoxy) is 1. The van der Waals surface area contributed by atoms with Crippen molar-refractivity contribution in [2.45, 2.75) is 46.6 Å². The fourth-order valence-electron chi connectivity index (χ4n) is 3.07. The van der Waals surface area contributed by atoms with Gasteiger partial charge in [-0.05, 0) is 44.9 Å². The van der Waals surface area contributed by atoms with E-state index in [4.69, 9.17) is 4.74 Å². The molecule has 2 amide bonds. The number of hydrogen-bond donors (Lipinski definition) is 2. The maximum Gasteiger partial charge on any atom is 0.338 e. The number of anilines is 1. The van der Waals surface area contributed by atoms with Gasteiger partial charge in [0, 0.05) is 24.5 Å². The number of nitrogens with zero attached hydrogens (tertiary/aromatic N) is 1. The molecule has 0 saturated heterocycles. The third kappa shape index (κ3) is 4.56. The monoisotopic (exact) mass is 359 g/mol. The molecular formula is C20H29N3O3. The van der Waals surface area contributed by atoms with Crippen LogP contribution in [0.2, 0.25) is 0 Å². The molecule has 0 spiro atoms. The largest absolute Gasteiger partial charge is 0.462 e. The molecule has 0 unspecified atom stereocenters. The fourth-order valence-corrected chi connectivity index (χ4v) is 3.07. The second kappa shape index (κ2) is 9.27. The van der Waals surface area contributed by atoms with E-state index in [1.54, 1.807) is 6.92 Å². The molecule has 6 nitrogen and oxygen atoms in total. The Morgan fingerprint density at radius 2 is 1.81 bits per heavy atom. The highest BCUT2D eigenvalue weighted by atomic mass is 16.5. The molecule has 2 rings (SSSR count). The Kier molecular flexibility index (Phi) is 7.06. The highest BCUT2D eigenvalue weighted by molar-refractivity contribution is 5.95. The Morgan fingerprint density at radius 1 is 1.15 bits per heavy atom. The number of unbranched alkanes of at least 4 members (excludes halogenated alkanes) is 1. The molecule has 26 heavy (non-hydrogen) atoms. The summed E-state index contributed by atoms with van der Waals surface area (Å²) in [6.07, 6.45) is 1.78. The first-order valence-corrected chi connectivity index (χ1v) is 9.32. The van der Waals surface area contributed by atoms with E-state index >= 15 is 0 Å². The van der Waals surface area contributed by atoms with Crippen molar-refractivity contribution in [2.24, 2.45) is 0 Å². The van der Waals surface area contributed by atoms with Crippen LogP contribution in [0, 0.1) is 0 Å². The quantitative estimate of drug-likeness (QED) is 0.550. The molecule has 1 heterocycles. The molecule has 0 fully saturated rings. The topological polar surface area (TPSA) is 70.7 Å². The summed E-state index contributed by atoms with van der Waals surface area (Å²) < 4.78 is 5.38. The van der Waals surface area contributed by atoms with Crippen LogP contribution in [0.3, 0.4) is 0 Å². The van der Waals surface area contributed by atoms with Crippen molar-refractivity contribution in [2.75, 3.05) is 24.6 Å². The second-order valence-corrected chi connectivity index (χ2v) is 6.32. The first-order chi connectivity index (χ1) is 12.5. The average Bonchev–Trinajstić information content (AvgIpc) is 2.62. The van der Waals surface area contributed by atoms with Gasteiger partial charge in [0.1, 0.15) is 0 Å². The number of benzene rings is 1. The number of carbonyl (C=O) groups is 2. The molecule has 0 aromatic heterocycles. The van der Waals surface area contributed by atoms with Crippen LogP contribution < -0.4 is 15.5 Å². The molecule has 6 heteroatoms. The third-order valence-corrected chi connectivity index (χ3v) is 4.58. The van der Waals surface area contributed by atoms with Crippen molar-refractivity contribution in [1.82, 2.24) is 10.6 Å². The third-order valence-electron chi connectivity index (χ3n) is 4.58. The lowest BCUT2D eigenvalue weighted by atomic mass is 9.95. The summed E-state index contributed by atoms with van der Waals surface area (Å²) in [5, 5.41) is 5.51. The van der Waals surface area contributed by atoms with Crippen molar-refractivity contribution in [1.29, 1.82) is 0 Å². The molecule has 1 aliphatic rings. The van der Waals surface area contributed by atoms with Crippen molar-refractivity contribution in [3.63, 3.8) is 0 Å². The van der Waals surface area contributed by atoms with E-state index in [0.717, 1.165) is 37.2 Å². The standard InChI is InChI=1S/C20H29N3O3/c1-5-8-13-26-19(24)17-14(4)21-20(25)22-18(17)15-9-11-16(12-10-15)23(6-2)7-3/h9-12,18H,5-8,13H2,1-4H3,(H2,21,22,25)/t18-/m1/s1. The van der Waals surface area contributed by atoms with Crippen LogP contribution in [0.5, 0.6) is 0 Å². The second-order valence-electron chi connectivity index (χ2n) is 6.32. The minimum absolute atomic E-state index is 0.314. The molecule has 2 N–H and O–H groups in total. The van der Waals surface area contributed by atoms with Crippen molar-refractivity contribution >= 4 is 17.7 Å². The number of esters is 1. The van der Waals surface area contributed by atoms with Gasteiger partial charge in [0.15, 0.2) is 0 Å². The molecule has 1 aromatic carbocycles. The molecule has 0 radical (unpaired) electrons. The summed E-state index contributed by atoms with van der Waals surface area (Å²) in [6, 6.07) is 7.12. The van der Waals surface area contributed by atoms with Gasteiger partial charge in [-0.15, -0.1) is 0 Å². The van der Waals surface area contributed by atoms with Crippen LogP contribution in [0.1, 0.15) is 52.1 Å². The zero-order chi connectivity index (χ0) is 19.1. The Hall–Kier alpha value is -2.50. The van der Waals surface area contributed by atoms with Gasteiger partial charge in [0.2, 0.25) is 0 Å². The predicted molar refractivity (Wildman–Crippen MR) is 103 cm³/mol. The van der Waals surface area contributed by atoms with Crippen molar-refractivity contribution < 1.29 is 14.3 Å². The van der Waals surface area contributed by atoms with Gasteiger partial charge in [-0.25, -0.2) is 9.59 Å². The number of rotatable bonds is 8. The summed E-state index contributed by atoms with van der Waals surface area (Å²) in [5.74, 6) is -0.388. The van der Waals surface area contributed by atoms with Crippen LogP contribution in [-0.2, 0) is 9.53 Å². The van der Waals surface area contributed by atoms with E-state index in [0.29, 0.717) is 17.9 Å². The first kappa shape index (κ1) is 19.8. The Bertz CT molecular complexity index is 663. The lowest BCUT2D eigenvalue weighted by molar-refractivity contribution is -0.139. The SMILES string of the molecule is CCCCOC(=O)C1=C(C)NC(=O)N[C@@H]1c1ccc(N(CC)CC)cc1. The lowest BCUT2D eigenvalue weighted by Gasteiger charge is -2.29. The maximum absolute atomic E-state index is 12.6. The highest BCUT2D eigenvalue weighted by Crippen LogP contribution is 2.29. The number of carbonyl (C=O) groups excluding carboxylic acids is 2. The smallest absolute Gasteiger partial charge is 0.338 e. The molecule has 0 saturated carbocycles. The Balaban J connectivity index is 2.27. The summed E-state index contributed by atoms with van der Waals surface area (Å²) in [4.78, 5) is 26.7. The van der Waals surface area contributed by atoms with Crippen LogP contribution in [0.15, 0.2) is 35.5 Å². The summed E-state index contributed by atoms with van der Waals surface area (Å²) in [7, 11) is 0. The number of urea groups is 1. The van der Waals surface area contributed by atoms with Gasteiger partial charge < -0.3 is 20.3 Å². The van der Waals surface area contributed by atoms with Gasteiger partial charge in [0.05, 0.1) is 18.2 Å². The van der Waals surface area contributed by atoms with Gasteiger partial charge in [-0.3, -0.25) is 0 Å². The first-order valence-electron chi connectivity index (χ1n) is 9.32. The van der Waals surface area contributed by atoms with E-state index in [9.17, 15) is 9.59 Å². The van der Waals surface area contributed by atoms with E-state index in [2.05, 4.69) is 29.4 Å². The molecule has 1 atom stereocenters. The number of nitrogens with one attached hydrogen (secondary N) is 2. The lowest BCUT2D eigenvalue weighted by Crippen LogP contribution is -2.45. The normalized spacial score (nSPS) is 16.8. The molecule has 142 valence electrons. The average molecular weight is 359 g/mol. The number of allylic oxidation sites excluding steroid dienone is 1. The molecule has 0 aliphatic carbocycles. The zero-order valence-corrected chi connectivity index (χ0v) is 16.1. The van der Waals surface area contributed by atoms with E-state index < -0.39 is 6.04 Å². The summed E-state index contributed by atoms with van der Waals surface area (Å²) >= 11 is 0. The summed E-state index contributed by atoms with van der Waals surface area (Å²) in [5.41, 5.74) is 2.97. The fraction of sp³-hybridized carbons (Fsp3) is 0.500. The van der Waals surface area contributed by atoms with Gasteiger partial charge in [-0.2, -0.15) is 0 Å². The Morgan fingerprint density at radius 3 is 2.38 bits per heavy atom. The minimum Gasteiger partial charge on any atom is -0.462 e. The van der Waals surface area contributed by atoms with Crippen LogP contribution in [0.4, 0.5) is 10.5 Å². The van der Waals surface area contributed by atoms with Crippen LogP contribution in [-0.4, -0.2) is 31.7 Å². The summed E-state index contributed by atoms with van der Waals surface area (Å²) in [6.45, 7) is 10.2. The van der Waals surface area contributed by atoms with Gasteiger partial charge in [-0.1, -0.05) is 25.5 Å². The number of amides is 2. The van der Waals surface area contributed by atoms with Gasteiger partial charge in [0.25, 0.3) is 0 Å². The number of hydrogen-bond acceptors (Lipinski definition) is 4. The molecule has 1 aliphatic heterocycles. The highest BCUT2D eigenvalue weighted by Gasteiger charge is 2.32. The minimum atomic E-state index is -0.511. The predicted octanol–water partition coefficient (Wildman–Crippen LogP) is 3.50. The van der Waals surface area contributed by atoms with Crippen molar-refractivity contribution in [3.8, 4) is 0 Å². The zero-order valence-electron chi connectivity index (χ0n) is 16.1. The molecular weight excluding hydrogens is 330 g/mol. The van der Waals surface area contributed by atoms with E-state index in [1.807, 2.05) is 31.2 Å².